The van der Waals surface area contributed by atoms with Gasteiger partial charge in [0.2, 0.25) is 11.8 Å². The van der Waals surface area contributed by atoms with E-state index < -0.39 is 0 Å². The summed E-state index contributed by atoms with van der Waals surface area (Å²) < 4.78 is 0. The Kier molecular flexibility index (Phi) is 5.38. The van der Waals surface area contributed by atoms with Crippen molar-refractivity contribution >= 4 is 46.9 Å². The molecule has 0 atom stereocenters. The summed E-state index contributed by atoms with van der Waals surface area (Å²) in [6.07, 6.45) is 5.72. The van der Waals surface area contributed by atoms with Crippen LogP contribution >= 0.6 is 11.6 Å². The summed E-state index contributed by atoms with van der Waals surface area (Å²) in [4.78, 5) is 30.4. The molecule has 4 rings (SSSR count). The summed E-state index contributed by atoms with van der Waals surface area (Å²) in [6.45, 7) is 3.43. The van der Waals surface area contributed by atoms with E-state index in [1.54, 1.807) is 24.1 Å². The number of benzene rings is 2. The molecule has 3 aromatic rings. The van der Waals surface area contributed by atoms with E-state index in [0.29, 0.717) is 17.3 Å². The van der Waals surface area contributed by atoms with Gasteiger partial charge in [-0.05, 0) is 47.0 Å². The quantitative estimate of drug-likeness (QED) is 0.607. The van der Waals surface area contributed by atoms with E-state index >= 15 is 0 Å². The predicted molar refractivity (Wildman–Crippen MR) is 121 cm³/mol. The highest BCUT2D eigenvalue weighted by atomic mass is 35.5. The van der Waals surface area contributed by atoms with Gasteiger partial charge in [0.05, 0.1) is 23.6 Å². The van der Waals surface area contributed by atoms with Crippen LogP contribution in [0.2, 0.25) is 5.02 Å². The predicted octanol–water partition coefficient (Wildman–Crippen LogP) is 5.40. The number of amides is 2. The van der Waals surface area contributed by atoms with Crippen LogP contribution < -0.4 is 10.2 Å². The minimum Gasteiger partial charge on any atom is -0.326 e. The van der Waals surface area contributed by atoms with Gasteiger partial charge in [0.15, 0.2) is 0 Å². The highest BCUT2D eigenvalue weighted by Crippen LogP contribution is 2.33. The Labute approximate surface area is 180 Å². The Hall–Kier alpha value is -3.44. The van der Waals surface area contributed by atoms with Crippen molar-refractivity contribution in [3.8, 4) is 11.3 Å². The van der Waals surface area contributed by atoms with Crippen LogP contribution in [0.4, 0.5) is 11.4 Å². The van der Waals surface area contributed by atoms with Gasteiger partial charge in [0, 0.05) is 30.6 Å². The smallest absolute Gasteiger partial charge is 0.224 e. The number of aromatic nitrogens is 1. The van der Waals surface area contributed by atoms with E-state index in [1.807, 2.05) is 54.6 Å². The molecule has 0 radical (unpaired) electrons. The summed E-state index contributed by atoms with van der Waals surface area (Å²) >= 11 is 6.16. The molecular weight excluding hydrogens is 398 g/mol. The number of fused-ring (bicyclic) bond motifs is 2. The van der Waals surface area contributed by atoms with Crippen molar-refractivity contribution in [2.45, 2.75) is 20.4 Å². The lowest BCUT2D eigenvalue weighted by molar-refractivity contribution is -0.116. The van der Waals surface area contributed by atoms with Gasteiger partial charge in [0.25, 0.3) is 0 Å². The highest BCUT2D eigenvalue weighted by Gasteiger charge is 2.20. The lowest BCUT2D eigenvalue weighted by atomic mass is 10.00. The largest absolute Gasteiger partial charge is 0.326 e. The Bertz CT molecular complexity index is 1190. The highest BCUT2D eigenvalue weighted by molar-refractivity contribution is 6.30. The molecule has 1 aliphatic rings. The molecule has 150 valence electrons. The number of pyridine rings is 1. The average Bonchev–Trinajstić information content (AvgIpc) is 2.69. The van der Waals surface area contributed by atoms with Gasteiger partial charge >= 0.3 is 0 Å². The van der Waals surface area contributed by atoms with Crippen molar-refractivity contribution in [3.05, 3.63) is 76.4 Å². The van der Waals surface area contributed by atoms with Crippen LogP contribution in [0.25, 0.3) is 23.4 Å². The first-order valence-electron chi connectivity index (χ1n) is 9.54. The van der Waals surface area contributed by atoms with Crippen molar-refractivity contribution in [2.24, 2.45) is 0 Å². The number of carbonyl (C=O) groups excluding carboxylic acids is 2. The SMILES string of the molecule is CC(=O)Nc1ccccc1-c1cc2c(cn1)C=Cc1cc(Cl)ccc1N(C(C)=O)C2. The minimum absolute atomic E-state index is 0.0585. The summed E-state index contributed by atoms with van der Waals surface area (Å²) in [5.74, 6) is -0.202. The van der Waals surface area contributed by atoms with Gasteiger partial charge in [0.1, 0.15) is 0 Å². The fraction of sp³-hybridized carbons (Fsp3) is 0.125. The van der Waals surface area contributed by atoms with Gasteiger partial charge in [-0.3, -0.25) is 14.6 Å². The monoisotopic (exact) mass is 417 g/mol. The van der Waals surface area contributed by atoms with Gasteiger partial charge < -0.3 is 10.2 Å². The van der Waals surface area contributed by atoms with Gasteiger partial charge in [-0.2, -0.15) is 0 Å². The van der Waals surface area contributed by atoms with Crippen LogP contribution in [0.3, 0.4) is 0 Å². The number of nitrogens with one attached hydrogen (secondary N) is 1. The number of carbonyl (C=O) groups is 2. The third-order valence-electron chi connectivity index (χ3n) is 4.97. The van der Waals surface area contributed by atoms with E-state index in [0.717, 1.165) is 33.6 Å². The van der Waals surface area contributed by atoms with Gasteiger partial charge in [-0.1, -0.05) is 42.0 Å². The van der Waals surface area contributed by atoms with E-state index in [-0.39, 0.29) is 11.8 Å². The van der Waals surface area contributed by atoms with Crippen molar-refractivity contribution < 1.29 is 9.59 Å². The molecule has 6 heteroatoms. The summed E-state index contributed by atoms with van der Waals surface area (Å²) in [7, 11) is 0. The molecule has 0 bridgehead atoms. The van der Waals surface area contributed by atoms with Crippen LogP contribution in [0.5, 0.6) is 0 Å². The Morgan fingerprint density at radius 2 is 1.80 bits per heavy atom. The second-order valence-electron chi connectivity index (χ2n) is 7.14. The molecule has 5 nitrogen and oxygen atoms in total. The van der Waals surface area contributed by atoms with Crippen LogP contribution in [-0.2, 0) is 16.1 Å². The first-order valence-corrected chi connectivity index (χ1v) is 9.92. The maximum absolute atomic E-state index is 12.5. The first kappa shape index (κ1) is 19.9. The van der Waals surface area contributed by atoms with Gasteiger partial charge in [-0.25, -0.2) is 0 Å². The molecule has 1 aliphatic heterocycles. The standard InChI is InChI=1S/C24H20ClN3O2/c1-15(29)27-22-6-4-3-5-21(22)23-12-19-14-28(16(2)30)24-10-9-20(25)11-17(24)7-8-18(19)13-26-23/h3-13H,14H2,1-2H3,(H,27,29). The Balaban J connectivity index is 1.82. The molecule has 0 unspecified atom stereocenters. The molecule has 0 spiro atoms. The summed E-state index contributed by atoms with van der Waals surface area (Å²) in [5, 5.41) is 3.47. The Morgan fingerprint density at radius 1 is 1.03 bits per heavy atom. The first-order chi connectivity index (χ1) is 14.4. The topological polar surface area (TPSA) is 62.3 Å². The molecule has 1 N–H and O–H groups in total. The maximum atomic E-state index is 12.5. The van der Waals surface area contributed by atoms with Crippen molar-refractivity contribution in [1.82, 2.24) is 4.98 Å². The molecule has 2 amide bonds. The maximum Gasteiger partial charge on any atom is 0.224 e. The minimum atomic E-state index is -0.144. The van der Waals surface area contributed by atoms with Crippen LogP contribution in [0.15, 0.2) is 54.7 Å². The van der Waals surface area contributed by atoms with Crippen LogP contribution in [0.1, 0.15) is 30.5 Å². The second-order valence-corrected chi connectivity index (χ2v) is 7.57. The summed E-state index contributed by atoms with van der Waals surface area (Å²) in [6, 6.07) is 15.0. The lowest BCUT2D eigenvalue weighted by Crippen LogP contribution is -2.29. The van der Waals surface area contributed by atoms with Crippen LogP contribution in [0, 0.1) is 0 Å². The van der Waals surface area contributed by atoms with Crippen molar-refractivity contribution in [3.63, 3.8) is 0 Å². The molecule has 1 aromatic heterocycles. The fourth-order valence-corrected chi connectivity index (χ4v) is 3.75. The number of halogens is 1. The van der Waals surface area contributed by atoms with Crippen LogP contribution in [-0.4, -0.2) is 16.8 Å². The molecule has 30 heavy (non-hydrogen) atoms. The third-order valence-corrected chi connectivity index (χ3v) is 5.20. The normalized spacial score (nSPS) is 12.4. The number of hydrogen-bond acceptors (Lipinski definition) is 3. The van der Waals surface area contributed by atoms with E-state index in [1.165, 1.54) is 6.92 Å². The lowest BCUT2D eigenvalue weighted by Gasteiger charge is -2.26. The van der Waals surface area contributed by atoms with Crippen molar-refractivity contribution in [2.75, 3.05) is 10.2 Å². The Morgan fingerprint density at radius 3 is 2.57 bits per heavy atom. The molecule has 0 fully saturated rings. The average molecular weight is 418 g/mol. The molecule has 2 heterocycles. The number of para-hydroxylation sites is 1. The van der Waals surface area contributed by atoms with E-state index in [4.69, 9.17) is 11.6 Å². The van der Waals surface area contributed by atoms with Crippen molar-refractivity contribution in [1.29, 1.82) is 0 Å². The van der Waals surface area contributed by atoms with Gasteiger partial charge in [-0.15, -0.1) is 0 Å². The summed E-state index contributed by atoms with van der Waals surface area (Å²) in [5.41, 5.74) is 5.82. The molecule has 0 aliphatic carbocycles. The van der Waals surface area contributed by atoms with E-state index in [9.17, 15) is 9.59 Å². The zero-order valence-corrected chi connectivity index (χ0v) is 17.4. The third kappa shape index (κ3) is 3.98. The number of nitrogens with zero attached hydrogens (tertiary/aromatic N) is 2. The fourth-order valence-electron chi connectivity index (χ4n) is 3.57. The number of anilines is 2. The van der Waals surface area contributed by atoms with E-state index in [2.05, 4.69) is 10.3 Å². The molecule has 2 aromatic carbocycles. The number of hydrogen-bond donors (Lipinski definition) is 1. The second kappa shape index (κ2) is 8.13. The zero-order chi connectivity index (χ0) is 21.3. The molecular formula is C24H20ClN3O2. The zero-order valence-electron chi connectivity index (χ0n) is 16.6. The molecule has 0 saturated heterocycles. The molecule has 0 saturated carbocycles. The number of rotatable bonds is 2.